The van der Waals surface area contributed by atoms with Crippen molar-refractivity contribution < 1.29 is 14.0 Å². The topological polar surface area (TPSA) is 58.2 Å². The Morgan fingerprint density at radius 2 is 1.72 bits per heavy atom. The Morgan fingerprint density at radius 1 is 0.931 bits per heavy atom. The molecule has 0 atom stereocenters. The number of amides is 2. The number of aryl methyl sites for hydroxylation is 1. The van der Waals surface area contributed by atoms with Crippen LogP contribution in [0.15, 0.2) is 60.7 Å². The van der Waals surface area contributed by atoms with Crippen molar-refractivity contribution >= 4 is 34.8 Å². The Balaban J connectivity index is 1.51. The molecule has 6 heteroatoms. The van der Waals surface area contributed by atoms with Gasteiger partial charge < -0.3 is 10.6 Å². The van der Waals surface area contributed by atoms with Crippen LogP contribution in [0.1, 0.15) is 28.8 Å². The van der Waals surface area contributed by atoms with Gasteiger partial charge in [-0.2, -0.15) is 0 Å². The minimum Gasteiger partial charge on any atom is -0.308 e. The van der Waals surface area contributed by atoms with Gasteiger partial charge in [0.25, 0.3) is 0 Å². The first-order valence-electron chi connectivity index (χ1n) is 9.29. The molecule has 0 spiro atoms. The van der Waals surface area contributed by atoms with Gasteiger partial charge in [0.1, 0.15) is 5.82 Å². The standard InChI is InChI=1S/C23H18ClFN2O2/c24-17-4-2-5-18(13-17)26-23(29)27-21-10-8-15(12-20(21)25)14-7-9-19-16(11-14)3-1-6-22(19)28/h2,4-5,7-13H,1,3,6H2,(H2,26,27,29). The summed E-state index contributed by atoms with van der Waals surface area (Å²) in [7, 11) is 0. The maximum atomic E-state index is 14.6. The first-order chi connectivity index (χ1) is 14.0. The van der Waals surface area contributed by atoms with E-state index in [0.29, 0.717) is 22.7 Å². The molecule has 3 aromatic rings. The fourth-order valence-corrected chi connectivity index (χ4v) is 3.66. The highest BCUT2D eigenvalue weighted by Gasteiger charge is 2.17. The van der Waals surface area contributed by atoms with Crippen LogP contribution in [0, 0.1) is 5.82 Å². The molecular weight excluding hydrogens is 391 g/mol. The van der Waals surface area contributed by atoms with Crippen LogP contribution in [-0.2, 0) is 6.42 Å². The minimum atomic E-state index is -0.564. The first-order valence-corrected chi connectivity index (χ1v) is 9.67. The highest BCUT2D eigenvalue weighted by molar-refractivity contribution is 6.30. The number of rotatable bonds is 3. The molecular formula is C23H18ClFN2O2. The van der Waals surface area contributed by atoms with E-state index in [9.17, 15) is 14.0 Å². The van der Waals surface area contributed by atoms with Crippen molar-refractivity contribution in [2.75, 3.05) is 10.6 Å². The van der Waals surface area contributed by atoms with Gasteiger partial charge in [0.05, 0.1) is 5.69 Å². The third-order valence-corrected chi connectivity index (χ3v) is 5.12. The number of anilines is 2. The van der Waals surface area contributed by atoms with Gasteiger partial charge in [-0.05, 0) is 59.9 Å². The number of carbonyl (C=O) groups is 2. The number of urea groups is 1. The highest BCUT2D eigenvalue weighted by Crippen LogP contribution is 2.29. The fraction of sp³-hybridized carbons (Fsp3) is 0.130. The van der Waals surface area contributed by atoms with Crippen molar-refractivity contribution in [2.45, 2.75) is 19.3 Å². The average molecular weight is 409 g/mol. The smallest absolute Gasteiger partial charge is 0.308 e. The van der Waals surface area contributed by atoms with Gasteiger partial charge in [0, 0.05) is 22.7 Å². The summed E-state index contributed by atoms with van der Waals surface area (Å²) in [6, 6.07) is 16.3. The lowest BCUT2D eigenvalue weighted by Gasteiger charge is -2.16. The van der Waals surface area contributed by atoms with Crippen LogP contribution in [0.3, 0.4) is 0 Å². The molecule has 0 heterocycles. The van der Waals surface area contributed by atoms with E-state index in [2.05, 4.69) is 10.6 Å². The number of benzene rings is 3. The number of Topliss-reactive ketones (excluding diaryl/α,β-unsaturated/α-hetero) is 1. The molecule has 0 radical (unpaired) electrons. The number of halogens is 2. The van der Waals surface area contributed by atoms with Gasteiger partial charge in [-0.3, -0.25) is 4.79 Å². The molecule has 146 valence electrons. The van der Waals surface area contributed by atoms with Crippen LogP contribution in [0.25, 0.3) is 11.1 Å². The molecule has 2 N–H and O–H groups in total. The van der Waals surface area contributed by atoms with Crippen molar-refractivity contribution in [2.24, 2.45) is 0 Å². The van der Waals surface area contributed by atoms with E-state index in [0.717, 1.165) is 29.5 Å². The lowest BCUT2D eigenvalue weighted by molar-refractivity contribution is 0.0972. The van der Waals surface area contributed by atoms with E-state index in [1.165, 1.54) is 12.1 Å². The maximum absolute atomic E-state index is 14.6. The number of hydrogen-bond acceptors (Lipinski definition) is 2. The molecule has 0 unspecified atom stereocenters. The van der Waals surface area contributed by atoms with Crippen LogP contribution in [0.4, 0.5) is 20.6 Å². The summed E-state index contributed by atoms with van der Waals surface area (Å²) in [5, 5.41) is 5.60. The number of carbonyl (C=O) groups excluding carboxylic acids is 2. The molecule has 0 saturated heterocycles. The lowest BCUT2D eigenvalue weighted by atomic mass is 9.88. The van der Waals surface area contributed by atoms with E-state index in [1.54, 1.807) is 30.3 Å². The van der Waals surface area contributed by atoms with Gasteiger partial charge in [-0.15, -0.1) is 0 Å². The molecule has 4 rings (SSSR count). The molecule has 2 amide bonds. The van der Waals surface area contributed by atoms with Crippen LogP contribution >= 0.6 is 11.6 Å². The van der Waals surface area contributed by atoms with Crippen LogP contribution < -0.4 is 10.6 Å². The number of ketones is 1. The van der Waals surface area contributed by atoms with E-state index in [1.807, 2.05) is 18.2 Å². The summed E-state index contributed by atoms with van der Waals surface area (Å²) < 4.78 is 14.6. The maximum Gasteiger partial charge on any atom is 0.323 e. The minimum absolute atomic E-state index is 0.0708. The van der Waals surface area contributed by atoms with Crippen molar-refractivity contribution in [3.05, 3.63) is 82.6 Å². The van der Waals surface area contributed by atoms with Gasteiger partial charge in [0.2, 0.25) is 0 Å². The molecule has 3 aromatic carbocycles. The summed E-state index contributed by atoms with van der Waals surface area (Å²) in [6.07, 6.45) is 2.27. The van der Waals surface area contributed by atoms with Crippen LogP contribution in [-0.4, -0.2) is 11.8 Å². The van der Waals surface area contributed by atoms with Gasteiger partial charge in [-0.25, -0.2) is 9.18 Å². The second-order valence-electron chi connectivity index (χ2n) is 6.93. The van der Waals surface area contributed by atoms with Crippen molar-refractivity contribution in [3.8, 4) is 11.1 Å². The Hall–Kier alpha value is -3.18. The summed E-state index contributed by atoms with van der Waals surface area (Å²) in [4.78, 5) is 24.1. The summed E-state index contributed by atoms with van der Waals surface area (Å²) in [6.45, 7) is 0. The molecule has 1 aliphatic rings. The molecule has 0 bridgehead atoms. The second kappa shape index (κ2) is 8.05. The van der Waals surface area contributed by atoms with Crippen molar-refractivity contribution in [3.63, 3.8) is 0 Å². The van der Waals surface area contributed by atoms with Crippen LogP contribution in [0.5, 0.6) is 0 Å². The zero-order chi connectivity index (χ0) is 20.4. The van der Waals surface area contributed by atoms with Gasteiger partial charge in [0.15, 0.2) is 5.78 Å². The van der Waals surface area contributed by atoms with Gasteiger partial charge >= 0.3 is 6.03 Å². The molecule has 0 aliphatic heterocycles. The van der Waals surface area contributed by atoms with Gasteiger partial charge in [-0.1, -0.05) is 41.9 Å². The van der Waals surface area contributed by atoms with E-state index in [4.69, 9.17) is 11.6 Å². The van der Waals surface area contributed by atoms with Crippen molar-refractivity contribution in [1.82, 2.24) is 0 Å². The number of nitrogens with one attached hydrogen (secondary N) is 2. The quantitative estimate of drug-likeness (QED) is 0.533. The molecule has 0 aromatic heterocycles. The number of hydrogen-bond donors (Lipinski definition) is 2. The fourth-order valence-electron chi connectivity index (χ4n) is 3.47. The Kier molecular flexibility index (Phi) is 5.32. The molecule has 29 heavy (non-hydrogen) atoms. The third kappa shape index (κ3) is 4.30. The second-order valence-corrected chi connectivity index (χ2v) is 7.37. The van der Waals surface area contributed by atoms with E-state index < -0.39 is 11.8 Å². The third-order valence-electron chi connectivity index (χ3n) is 4.89. The Bertz CT molecular complexity index is 1110. The monoisotopic (exact) mass is 408 g/mol. The predicted octanol–water partition coefficient (Wildman–Crippen LogP) is 6.31. The van der Waals surface area contributed by atoms with Crippen molar-refractivity contribution in [1.29, 1.82) is 0 Å². The highest BCUT2D eigenvalue weighted by atomic mass is 35.5. The summed E-state index contributed by atoms with van der Waals surface area (Å²) in [5.74, 6) is -0.383. The van der Waals surface area contributed by atoms with E-state index >= 15 is 0 Å². The molecule has 4 nitrogen and oxygen atoms in total. The summed E-state index contributed by atoms with van der Waals surface area (Å²) in [5.41, 5.74) is 3.87. The Morgan fingerprint density at radius 3 is 2.52 bits per heavy atom. The summed E-state index contributed by atoms with van der Waals surface area (Å²) >= 11 is 5.89. The molecule has 0 saturated carbocycles. The first kappa shape index (κ1) is 19.2. The normalized spacial score (nSPS) is 13.0. The number of fused-ring (bicyclic) bond motifs is 1. The van der Waals surface area contributed by atoms with E-state index in [-0.39, 0.29) is 11.5 Å². The molecule has 0 fully saturated rings. The van der Waals surface area contributed by atoms with Crippen LogP contribution in [0.2, 0.25) is 5.02 Å². The zero-order valence-electron chi connectivity index (χ0n) is 15.5. The average Bonchev–Trinajstić information content (AvgIpc) is 2.69. The largest absolute Gasteiger partial charge is 0.323 e. The predicted molar refractivity (Wildman–Crippen MR) is 113 cm³/mol. The SMILES string of the molecule is O=C(Nc1cccc(Cl)c1)Nc1ccc(-c2ccc3c(c2)CCCC3=O)cc1F. The zero-order valence-corrected chi connectivity index (χ0v) is 16.2. The Labute approximate surface area is 172 Å². The molecule has 1 aliphatic carbocycles. The lowest BCUT2D eigenvalue weighted by Crippen LogP contribution is -2.20.